The molecular weight excluding hydrogens is 424 g/mol. The zero-order chi connectivity index (χ0) is 23.3. The average Bonchev–Trinajstić information content (AvgIpc) is 3.27. The van der Waals surface area contributed by atoms with Crippen LogP contribution in [0.15, 0.2) is 83.9 Å². The van der Waals surface area contributed by atoms with Gasteiger partial charge in [0.1, 0.15) is 29.2 Å². The minimum atomic E-state index is -0.0848. The molecule has 5 heteroatoms. The minimum absolute atomic E-state index is 0.0244. The number of para-hydroxylation sites is 1. The third-order valence-electron chi connectivity index (χ3n) is 6.96. The summed E-state index contributed by atoms with van der Waals surface area (Å²) in [5.74, 6) is 1.83. The lowest BCUT2D eigenvalue weighted by Gasteiger charge is -2.30. The maximum Gasteiger partial charge on any atom is 0.219 e. The molecule has 0 fully saturated rings. The highest BCUT2D eigenvalue weighted by molar-refractivity contribution is 5.96. The molecule has 1 aliphatic heterocycles. The lowest BCUT2D eigenvalue weighted by atomic mass is 9.79. The lowest BCUT2D eigenvalue weighted by Crippen LogP contribution is -2.30. The molecule has 0 spiro atoms. The van der Waals surface area contributed by atoms with Gasteiger partial charge in [-0.15, -0.1) is 0 Å². The first kappa shape index (κ1) is 20.7. The van der Waals surface area contributed by atoms with Gasteiger partial charge in [-0.25, -0.2) is 9.98 Å². The first-order chi connectivity index (χ1) is 16.5. The molecule has 0 radical (unpaired) electrons. The topological polar surface area (TPSA) is 63.9 Å². The number of pyridine rings is 1. The number of ether oxygens (including phenoxy) is 2. The number of nitrogens with zero attached hydrogens (tertiary/aromatic N) is 2. The molecule has 6 rings (SSSR count). The first-order valence-electron chi connectivity index (χ1n) is 11.7. The Morgan fingerprint density at radius 3 is 2.74 bits per heavy atom. The molecule has 0 saturated heterocycles. The van der Waals surface area contributed by atoms with Gasteiger partial charge in [0.25, 0.3) is 0 Å². The predicted octanol–water partition coefficient (Wildman–Crippen LogP) is 6.59. The molecule has 2 aliphatic rings. The van der Waals surface area contributed by atoms with Crippen LogP contribution < -0.4 is 4.74 Å². The highest BCUT2D eigenvalue weighted by Gasteiger charge is 2.45. The number of phenols is 1. The second kappa shape index (κ2) is 7.87. The molecule has 170 valence electrons. The van der Waals surface area contributed by atoms with Gasteiger partial charge in [0, 0.05) is 17.0 Å². The Balaban J connectivity index is 1.31. The number of phenolic OH excluding ortho intramolecular Hbond substituents is 1. The summed E-state index contributed by atoms with van der Waals surface area (Å²) in [6, 6.07) is 25.4. The van der Waals surface area contributed by atoms with Crippen LogP contribution in [0.2, 0.25) is 0 Å². The van der Waals surface area contributed by atoms with E-state index in [1.54, 1.807) is 18.2 Å². The van der Waals surface area contributed by atoms with Gasteiger partial charge in [0.2, 0.25) is 11.8 Å². The monoisotopic (exact) mass is 450 g/mol. The van der Waals surface area contributed by atoms with Crippen molar-refractivity contribution in [2.24, 2.45) is 10.4 Å². The van der Waals surface area contributed by atoms with E-state index in [4.69, 9.17) is 14.5 Å². The van der Waals surface area contributed by atoms with E-state index >= 15 is 0 Å². The molecule has 1 N–H and O–H groups in total. The van der Waals surface area contributed by atoms with Crippen molar-refractivity contribution in [2.75, 3.05) is 0 Å². The summed E-state index contributed by atoms with van der Waals surface area (Å²) in [6.45, 7) is 4.57. The van der Waals surface area contributed by atoms with E-state index < -0.39 is 0 Å². The standard InChI is InChI=1S/C29H26N2O3/c1-29(2)16-15-18-7-3-4-11-22(18)26-27(29)31-28(34-26)20-9-5-10-21(17-20)33-24-14-13-19-8-6-12-23(32)25(19)30-24/h3-14,17,26-27,32H,15-16H2,1-2H3/t26-,27+/m0/s1. The molecule has 0 saturated carbocycles. The summed E-state index contributed by atoms with van der Waals surface area (Å²) in [4.78, 5) is 9.56. The molecule has 1 aromatic heterocycles. The summed E-state index contributed by atoms with van der Waals surface area (Å²) >= 11 is 0. The van der Waals surface area contributed by atoms with Crippen LogP contribution in [0.3, 0.4) is 0 Å². The van der Waals surface area contributed by atoms with E-state index in [1.807, 2.05) is 36.4 Å². The van der Waals surface area contributed by atoms with Crippen LogP contribution >= 0.6 is 0 Å². The fraction of sp³-hybridized carbons (Fsp3) is 0.241. The smallest absolute Gasteiger partial charge is 0.219 e. The lowest BCUT2D eigenvalue weighted by molar-refractivity contribution is 0.131. The highest BCUT2D eigenvalue weighted by Crippen LogP contribution is 2.46. The summed E-state index contributed by atoms with van der Waals surface area (Å²) in [7, 11) is 0. The van der Waals surface area contributed by atoms with Crippen LogP contribution in [0.5, 0.6) is 17.4 Å². The number of aromatic nitrogens is 1. The number of aliphatic imine (C=N–C) groups is 1. The molecule has 0 amide bonds. The van der Waals surface area contributed by atoms with Crippen molar-refractivity contribution in [1.29, 1.82) is 0 Å². The van der Waals surface area contributed by atoms with Gasteiger partial charge < -0.3 is 14.6 Å². The Morgan fingerprint density at radius 1 is 0.971 bits per heavy atom. The molecule has 2 heterocycles. The molecule has 1 aliphatic carbocycles. The molecule has 4 aromatic rings. The Kier molecular flexibility index (Phi) is 4.80. The summed E-state index contributed by atoms with van der Waals surface area (Å²) < 4.78 is 12.6. The van der Waals surface area contributed by atoms with Gasteiger partial charge in [0.15, 0.2) is 0 Å². The maximum absolute atomic E-state index is 10.1. The summed E-state index contributed by atoms with van der Waals surface area (Å²) in [5.41, 5.74) is 4.01. The predicted molar refractivity (Wildman–Crippen MR) is 133 cm³/mol. The SMILES string of the molecule is CC1(C)CCc2ccccc2[C@@H]2OC(c3cccc(Oc4ccc5cccc(O)c5n4)c3)=N[C@H]21. The third kappa shape index (κ3) is 3.58. The second-order valence-corrected chi connectivity index (χ2v) is 9.73. The quantitative estimate of drug-likeness (QED) is 0.382. The van der Waals surface area contributed by atoms with Crippen molar-refractivity contribution < 1.29 is 14.6 Å². The Hall–Kier alpha value is -3.86. The van der Waals surface area contributed by atoms with Gasteiger partial charge in [-0.05, 0) is 59.7 Å². The van der Waals surface area contributed by atoms with Crippen LogP contribution in [-0.4, -0.2) is 22.0 Å². The second-order valence-electron chi connectivity index (χ2n) is 9.73. The molecule has 0 bridgehead atoms. The number of benzene rings is 3. The van der Waals surface area contributed by atoms with Gasteiger partial charge in [-0.3, -0.25) is 0 Å². The van der Waals surface area contributed by atoms with Gasteiger partial charge >= 0.3 is 0 Å². The fourth-order valence-electron chi connectivity index (χ4n) is 5.00. The first-order valence-corrected chi connectivity index (χ1v) is 11.7. The van der Waals surface area contributed by atoms with Crippen LogP contribution in [0.1, 0.15) is 43.1 Å². The third-order valence-corrected chi connectivity index (χ3v) is 6.96. The van der Waals surface area contributed by atoms with E-state index in [9.17, 15) is 5.11 Å². The van der Waals surface area contributed by atoms with Crippen molar-refractivity contribution >= 4 is 16.8 Å². The van der Waals surface area contributed by atoms with Crippen molar-refractivity contribution in [3.8, 4) is 17.4 Å². The van der Waals surface area contributed by atoms with Crippen LogP contribution in [-0.2, 0) is 11.2 Å². The van der Waals surface area contributed by atoms with Crippen molar-refractivity contribution in [3.63, 3.8) is 0 Å². The highest BCUT2D eigenvalue weighted by atomic mass is 16.5. The fourth-order valence-corrected chi connectivity index (χ4v) is 5.00. The van der Waals surface area contributed by atoms with E-state index in [0.717, 1.165) is 23.8 Å². The number of hydrogen-bond acceptors (Lipinski definition) is 5. The zero-order valence-electron chi connectivity index (χ0n) is 19.2. The zero-order valence-corrected chi connectivity index (χ0v) is 19.2. The molecule has 2 atom stereocenters. The van der Waals surface area contributed by atoms with Crippen molar-refractivity contribution in [2.45, 2.75) is 38.8 Å². The maximum atomic E-state index is 10.1. The largest absolute Gasteiger partial charge is 0.506 e. The Labute approximate surface area is 198 Å². The molecule has 3 aromatic carbocycles. The van der Waals surface area contributed by atoms with Gasteiger partial charge in [-0.1, -0.05) is 56.3 Å². The molecular formula is C29H26N2O3. The number of aryl methyl sites for hydroxylation is 1. The van der Waals surface area contributed by atoms with E-state index in [-0.39, 0.29) is 23.3 Å². The minimum Gasteiger partial charge on any atom is -0.506 e. The Morgan fingerprint density at radius 2 is 1.82 bits per heavy atom. The summed E-state index contributed by atoms with van der Waals surface area (Å²) in [6.07, 6.45) is 2.02. The number of rotatable bonds is 3. The van der Waals surface area contributed by atoms with E-state index in [1.165, 1.54) is 11.1 Å². The van der Waals surface area contributed by atoms with Crippen molar-refractivity contribution in [1.82, 2.24) is 4.98 Å². The summed E-state index contributed by atoms with van der Waals surface area (Å²) in [5, 5.41) is 11.0. The Bertz CT molecular complexity index is 1430. The normalized spacial score (nSPS) is 20.6. The number of fused-ring (bicyclic) bond motifs is 4. The van der Waals surface area contributed by atoms with Gasteiger partial charge in [0.05, 0.1) is 0 Å². The van der Waals surface area contributed by atoms with Crippen LogP contribution in [0.25, 0.3) is 10.9 Å². The van der Waals surface area contributed by atoms with Crippen molar-refractivity contribution in [3.05, 3.63) is 95.6 Å². The number of aromatic hydroxyl groups is 1. The van der Waals surface area contributed by atoms with E-state index in [2.05, 4.69) is 43.1 Å². The molecule has 34 heavy (non-hydrogen) atoms. The average molecular weight is 451 g/mol. The van der Waals surface area contributed by atoms with Crippen LogP contribution in [0, 0.1) is 5.41 Å². The number of hydrogen-bond donors (Lipinski definition) is 1. The van der Waals surface area contributed by atoms with Gasteiger partial charge in [-0.2, -0.15) is 0 Å². The molecule has 5 nitrogen and oxygen atoms in total. The molecule has 0 unspecified atom stereocenters. The van der Waals surface area contributed by atoms with E-state index in [0.29, 0.717) is 23.0 Å². The van der Waals surface area contributed by atoms with Crippen LogP contribution in [0.4, 0.5) is 0 Å².